The van der Waals surface area contributed by atoms with E-state index in [1.165, 1.54) is 32.4 Å². The van der Waals surface area contributed by atoms with Gasteiger partial charge in [-0.05, 0) is 44.1 Å². The quantitative estimate of drug-likeness (QED) is 0.517. The molecule has 0 aromatic carbocycles. The fourth-order valence-electron chi connectivity index (χ4n) is 2.92. The molecule has 3 unspecified atom stereocenters. The van der Waals surface area contributed by atoms with Crippen LogP contribution in [0.3, 0.4) is 0 Å². The summed E-state index contributed by atoms with van der Waals surface area (Å²) in [6.45, 7) is 5.05. The summed E-state index contributed by atoms with van der Waals surface area (Å²) in [7, 11) is 2.26. The van der Waals surface area contributed by atoms with E-state index in [9.17, 15) is 0 Å². The lowest BCUT2D eigenvalue weighted by Gasteiger charge is -2.22. The predicted octanol–water partition coefficient (Wildman–Crippen LogP) is 2.54. The molecule has 3 atom stereocenters. The van der Waals surface area contributed by atoms with Crippen molar-refractivity contribution in [2.75, 3.05) is 20.1 Å². The van der Waals surface area contributed by atoms with E-state index < -0.39 is 0 Å². The van der Waals surface area contributed by atoms with Gasteiger partial charge in [0.15, 0.2) is 0 Å². The lowest BCUT2D eigenvalue weighted by molar-refractivity contribution is 0.326. The summed E-state index contributed by atoms with van der Waals surface area (Å²) in [5, 5.41) is 0. The molecule has 1 heteroatoms. The largest absolute Gasteiger partial charge is 0.306 e. The number of hydrogen-bond acceptors (Lipinski definition) is 1. The Bertz CT molecular complexity index is 197. The van der Waals surface area contributed by atoms with Gasteiger partial charge in [0.25, 0.3) is 0 Å². The summed E-state index contributed by atoms with van der Waals surface area (Å²) < 4.78 is 0. The van der Waals surface area contributed by atoms with Gasteiger partial charge < -0.3 is 4.90 Å². The molecule has 1 nitrogen and oxygen atoms in total. The van der Waals surface area contributed by atoms with Crippen LogP contribution in [0.2, 0.25) is 0 Å². The van der Waals surface area contributed by atoms with Gasteiger partial charge in [-0.1, -0.05) is 19.1 Å². The summed E-state index contributed by atoms with van der Waals surface area (Å²) in [5.74, 6) is 2.82. The highest BCUT2D eigenvalue weighted by atomic mass is 15.1. The number of fused-ring (bicyclic) bond motifs is 1. The van der Waals surface area contributed by atoms with Crippen LogP contribution < -0.4 is 0 Å². The second-order valence-electron chi connectivity index (χ2n) is 5.03. The fraction of sp³-hybridized carbons (Fsp3) is 0.833. The van der Waals surface area contributed by atoms with Crippen molar-refractivity contribution in [3.8, 4) is 0 Å². The molecule has 74 valence electrons. The maximum Gasteiger partial charge on any atom is 0.00128 e. The van der Waals surface area contributed by atoms with Gasteiger partial charge in [-0.3, -0.25) is 0 Å². The van der Waals surface area contributed by atoms with Crippen LogP contribution in [0.25, 0.3) is 0 Å². The number of likely N-dealkylation sites (tertiary alicyclic amines) is 1. The smallest absolute Gasteiger partial charge is 0.00128 e. The first-order valence-electron chi connectivity index (χ1n) is 5.59. The molecule has 0 saturated carbocycles. The lowest BCUT2D eigenvalue weighted by atomic mass is 9.82. The van der Waals surface area contributed by atoms with Crippen LogP contribution in [0.15, 0.2) is 12.2 Å². The van der Waals surface area contributed by atoms with E-state index in [1.807, 2.05) is 0 Å². The van der Waals surface area contributed by atoms with E-state index in [0.29, 0.717) is 0 Å². The third-order valence-corrected chi connectivity index (χ3v) is 3.61. The van der Waals surface area contributed by atoms with Gasteiger partial charge in [-0.15, -0.1) is 0 Å². The summed E-state index contributed by atoms with van der Waals surface area (Å²) in [5.41, 5.74) is 0. The van der Waals surface area contributed by atoms with E-state index >= 15 is 0 Å². The zero-order valence-electron chi connectivity index (χ0n) is 8.87. The second-order valence-corrected chi connectivity index (χ2v) is 5.03. The molecule has 1 heterocycles. The topological polar surface area (TPSA) is 3.24 Å². The Morgan fingerprint density at radius 3 is 2.62 bits per heavy atom. The highest BCUT2D eigenvalue weighted by Crippen LogP contribution is 2.33. The van der Waals surface area contributed by atoms with Crippen LogP contribution in [0.1, 0.15) is 26.2 Å². The Kier molecular flexibility index (Phi) is 2.73. The van der Waals surface area contributed by atoms with Gasteiger partial charge in [-0.2, -0.15) is 0 Å². The SMILES string of the molecule is CC1CC=CCC2CN(C)CC2C1. The number of nitrogens with zero attached hydrogens (tertiary/aromatic N) is 1. The van der Waals surface area contributed by atoms with Crippen molar-refractivity contribution < 1.29 is 0 Å². The Hall–Kier alpha value is -0.300. The average Bonchev–Trinajstić information content (AvgIpc) is 2.36. The highest BCUT2D eigenvalue weighted by molar-refractivity contribution is 4.94. The maximum atomic E-state index is 2.50. The lowest BCUT2D eigenvalue weighted by Crippen LogP contribution is -2.16. The molecule has 0 amide bonds. The Morgan fingerprint density at radius 1 is 1.08 bits per heavy atom. The molecule has 0 aromatic rings. The molecule has 2 rings (SSSR count). The highest BCUT2D eigenvalue weighted by Gasteiger charge is 2.31. The average molecular weight is 179 g/mol. The first-order chi connectivity index (χ1) is 6.25. The Labute approximate surface area is 81.8 Å². The predicted molar refractivity (Wildman–Crippen MR) is 56.6 cm³/mol. The number of allylic oxidation sites excluding steroid dienone is 2. The van der Waals surface area contributed by atoms with Crippen LogP contribution in [0.5, 0.6) is 0 Å². The first-order valence-corrected chi connectivity index (χ1v) is 5.59. The van der Waals surface area contributed by atoms with Gasteiger partial charge in [0.1, 0.15) is 0 Å². The molecular formula is C12H21N. The molecule has 0 aromatic heterocycles. The summed E-state index contributed by atoms with van der Waals surface area (Å²) in [4.78, 5) is 2.50. The van der Waals surface area contributed by atoms with Crippen LogP contribution in [-0.2, 0) is 0 Å². The molecule has 1 aliphatic carbocycles. The molecule has 0 bridgehead atoms. The van der Waals surface area contributed by atoms with Crippen LogP contribution in [-0.4, -0.2) is 25.0 Å². The first kappa shape index (κ1) is 9.26. The van der Waals surface area contributed by atoms with Gasteiger partial charge in [-0.25, -0.2) is 0 Å². The number of rotatable bonds is 0. The van der Waals surface area contributed by atoms with Crippen molar-refractivity contribution in [1.29, 1.82) is 0 Å². The van der Waals surface area contributed by atoms with Crippen LogP contribution in [0.4, 0.5) is 0 Å². The standard InChI is InChI=1S/C12H21N/c1-10-5-3-4-6-11-8-13(2)9-12(11)7-10/h3-4,10-12H,5-9H2,1-2H3. The third kappa shape index (κ3) is 2.14. The van der Waals surface area contributed by atoms with Crippen molar-refractivity contribution >= 4 is 0 Å². The zero-order valence-corrected chi connectivity index (χ0v) is 8.87. The molecule has 0 spiro atoms. The molecule has 2 aliphatic rings. The van der Waals surface area contributed by atoms with Gasteiger partial charge in [0.2, 0.25) is 0 Å². The fourth-order valence-corrected chi connectivity index (χ4v) is 2.92. The zero-order chi connectivity index (χ0) is 9.26. The molecule has 1 fully saturated rings. The molecular weight excluding hydrogens is 158 g/mol. The minimum Gasteiger partial charge on any atom is -0.306 e. The van der Waals surface area contributed by atoms with E-state index in [2.05, 4.69) is 31.0 Å². The van der Waals surface area contributed by atoms with Crippen molar-refractivity contribution in [3.05, 3.63) is 12.2 Å². The summed E-state index contributed by atoms with van der Waals surface area (Å²) in [6.07, 6.45) is 8.86. The van der Waals surface area contributed by atoms with Gasteiger partial charge >= 0.3 is 0 Å². The maximum absolute atomic E-state index is 2.50. The monoisotopic (exact) mass is 179 g/mol. The molecule has 1 aliphatic heterocycles. The van der Waals surface area contributed by atoms with Gasteiger partial charge in [0, 0.05) is 13.1 Å². The van der Waals surface area contributed by atoms with Crippen molar-refractivity contribution in [2.45, 2.75) is 26.2 Å². The van der Waals surface area contributed by atoms with Crippen molar-refractivity contribution in [1.82, 2.24) is 4.90 Å². The van der Waals surface area contributed by atoms with Gasteiger partial charge in [0.05, 0.1) is 0 Å². The van der Waals surface area contributed by atoms with E-state index in [-0.39, 0.29) is 0 Å². The second kappa shape index (κ2) is 3.83. The molecule has 0 N–H and O–H groups in total. The van der Waals surface area contributed by atoms with E-state index in [1.54, 1.807) is 0 Å². The van der Waals surface area contributed by atoms with E-state index in [4.69, 9.17) is 0 Å². The summed E-state index contributed by atoms with van der Waals surface area (Å²) in [6, 6.07) is 0. The van der Waals surface area contributed by atoms with E-state index in [0.717, 1.165) is 17.8 Å². The molecule has 0 radical (unpaired) electrons. The normalized spacial score (nSPS) is 41.2. The van der Waals surface area contributed by atoms with Crippen molar-refractivity contribution in [3.63, 3.8) is 0 Å². The number of hydrogen-bond donors (Lipinski definition) is 0. The molecule has 13 heavy (non-hydrogen) atoms. The Balaban J connectivity index is 2.03. The van der Waals surface area contributed by atoms with Crippen molar-refractivity contribution in [2.24, 2.45) is 17.8 Å². The molecule has 1 saturated heterocycles. The van der Waals surface area contributed by atoms with Crippen LogP contribution in [0, 0.1) is 17.8 Å². The summed E-state index contributed by atoms with van der Waals surface area (Å²) >= 11 is 0. The van der Waals surface area contributed by atoms with Crippen LogP contribution >= 0.6 is 0 Å². The minimum atomic E-state index is 0.899. The minimum absolute atomic E-state index is 0.899. The Morgan fingerprint density at radius 2 is 1.77 bits per heavy atom. The third-order valence-electron chi connectivity index (χ3n) is 3.61.